The Hall–Kier alpha value is -3.74. The van der Waals surface area contributed by atoms with Crippen LogP contribution in [0.5, 0.6) is 0 Å². The van der Waals surface area contributed by atoms with Crippen LogP contribution in [0.25, 0.3) is 0 Å². The summed E-state index contributed by atoms with van der Waals surface area (Å²) in [4.78, 5) is 50.2. The molecule has 0 radical (unpaired) electrons. The van der Waals surface area contributed by atoms with E-state index >= 15 is 0 Å². The second-order valence-corrected chi connectivity index (χ2v) is 10.2. The number of hydrogen-bond acceptors (Lipinski definition) is 10. The summed E-state index contributed by atoms with van der Waals surface area (Å²) < 4.78 is 21.6. The normalized spacial score (nSPS) is 32.4. The Morgan fingerprint density at radius 1 is 1.07 bits per heavy atom. The van der Waals surface area contributed by atoms with Crippen LogP contribution in [-0.4, -0.2) is 79.5 Å². The molecule has 1 heterocycles. The lowest BCUT2D eigenvalue weighted by molar-refractivity contribution is -0.135. The number of fused-ring (bicyclic) bond motifs is 1. The Morgan fingerprint density at radius 2 is 1.73 bits per heavy atom. The van der Waals surface area contributed by atoms with E-state index in [1.165, 1.54) is 46.5 Å². The molecule has 2 amide bonds. The van der Waals surface area contributed by atoms with Gasteiger partial charge in [0.1, 0.15) is 17.6 Å². The topological polar surface area (TPSA) is 184 Å². The molecule has 226 valence electrons. The largest absolute Gasteiger partial charge is 0.505 e. The summed E-state index contributed by atoms with van der Waals surface area (Å²) in [5, 5.41) is 24.5. The van der Waals surface area contributed by atoms with Crippen LogP contribution < -0.4 is 11.1 Å². The van der Waals surface area contributed by atoms with Crippen molar-refractivity contribution in [3.63, 3.8) is 0 Å². The number of methoxy groups -OCH3 is 3. The number of hydrogen-bond donors (Lipinski definition) is 4. The van der Waals surface area contributed by atoms with Gasteiger partial charge < -0.3 is 40.2 Å². The molecule has 0 fully saturated rings. The van der Waals surface area contributed by atoms with Gasteiger partial charge in [0.2, 0.25) is 0 Å². The highest BCUT2D eigenvalue weighted by Gasteiger charge is 2.38. The molecule has 0 aromatic carbocycles. The fourth-order valence-electron chi connectivity index (χ4n) is 4.84. The van der Waals surface area contributed by atoms with E-state index in [4.69, 9.17) is 24.7 Å². The van der Waals surface area contributed by atoms with Crippen LogP contribution in [0.3, 0.4) is 0 Å². The maximum atomic E-state index is 12.9. The SMILES string of the molecule is COC1=C2C[C@H](C)C[C@H](OC)[C@H](O)[C@H](C)/C=C(\C)[C@H](OC(N)=O)[C@@H](OC)/C=C/C=C(\C)C(=O)NC(=C2O)C(=O)C1=O. The molecule has 12 heteroatoms. The number of Topliss-reactive ketones (excluding diaryl/α,β-unsaturated/α-hetero) is 2. The molecule has 0 saturated carbocycles. The van der Waals surface area contributed by atoms with E-state index in [0.717, 1.165) is 0 Å². The number of amides is 2. The third kappa shape index (κ3) is 8.15. The summed E-state index contributed by atoms with van der Waals surface area (Å²) >= 11 is 0. The number of rotatable bonds is 4. The first-order chi connectivity index (χ1) is 19.3. The molecule has 0 aromatic rings. The Morgan fingerprint density at radius 3 is 2.29 bits per heavy atom. The number of aliphatic hydroxyl groups excluding tert-OH is 2. The summed E-state index contributed by atoms with van der Waals surface area (Å²) in [7, 11) is 4.07. The Labute approximate surface area is 239 Å². The first kappa shape index (κ1) is 33.5. The number of allylic oxidation sites excluding steroid dienone is 5. The van der Waals surface area contributed by atoms with Gasteiger partial charge in [0.05, 0.1) is 19.3 Å². The van der Waals surface area contributed by atoms with E-state index in [1.54, 1.807) is 19.9 Å². The Bertz CT molecular complexity index is 1200. The third-order valence-electron chi connectivity index (χ3n) is 7.08. The van der Waals surface area contributed by atoms with Crippen molar-refractivity contribution in [1.82, 2.24) is 5.32 Å². The van der Waals surface area contributed by atoms with Crippen LogP contribution in [-0.2, 0) is 33.3 Å². The molecule has 12 nitrogen and oxygen atoms in total. The zero-order valence-electron chi connectivity index (χ0n) is 24.4. The van der Waals surface area contributed by atoms with Gasteiger partial charge in [-0.1, -0.05) is 38.2 Å². The van der Waals surface area contributed by atoms with E-state index in [1.807, 2.05) is 6.92 Å². The number of ether oxygens (including phenoxy) is 4. The van der Waals surface area contributed by atoms with E-state index in [9.17, 15) is 29.4 Å². The van der Waals surface area contributed by atoms with Gasteiger partial charge in [-0.25, -0.2) is 4.79 Å². The van der Waals surface area contributed by atoms with E-state index in [0.29, 0.717) is 12.0 Å². The van der Waals surface area contributed by atoms with E-state index in [-0.39, 0.29) is 29.2 Å². The Balaban J connectivity index is 2.67. The number of aliphatic hydroxyl groups is 2. The molecule has 2 aliphatic rings. The van der Waals surface area contributed by atoms with Gasteiger partial charge in [-0.2, -0.15) is 0 Å². The van der Waals surface area contributed by atoms with Crippen molar-refractivity contribution in [2.24, 2.45) is 17.6 Å². The molecular weight excluding hydrogens is 536 g/mol. The highest BCUT2D eigenvalue weighted by Crippen LogP contribution is 2.32. The van der Waals surface area contributed by atoms with Crippen molar-refractivity contribution in [1.29, 1.82) is 0 Å². The van der Waals surface area contributed by atoms with Gasteiger partial charge in [-0.05, 0) is 38.2 Å². The molecule has 0 aromatic heterocycles. The predicted molar refractivity (Wildman–Crippen MR) is 148 cm³/mol. The average molecular weight is 577 g/mol. The van der Waals surface area contributed by atoms with Gasteiger partial charge in [-0.3, -0.25) is 14.4 Å². The number of primary amides is 1. The smallest absolute Gasteiger partial charge is 0.405 e. The molecule has 2 rings (SSSR count). The second kappa shape index (κ2) is 14.8. The maximum absolute atomic E-state index is 12.9. The number of nitrogens with one attached hydrogen (secondary N) is 1. The molecule has 41 heavy (non-hydrogen) atoms. The summed E-state index contributed by atoms with van der Waals surface area (Å²) in [5.41, 5.74) is 5.50. The lowest BCUT2D eigenvalue weighted by Gasteiger charge is -2.30. The molecule has 0 unspecified atom stereocenters. The summed E-state index contributed by atoms with van der Waals surface area (Å²) in [6.45, 7) is 6.76. The van der Waals surface area contributed by atoms with Crippen LogP contribution in [0, 0.1) is 11.8 Å². The first-order valence-corrected chi connectivity index (χ1v) is 13.1. The molecule has 5 N–H and O–H groups in total. The van der Waals surface area contributed by atoms with Gasteiger partial charge >= 0.3 is 6.09 Å². The molecule has 1 aliphatic carbocycles. The van der Waals surface area contributed by atoms with Crippen LogP contribution in [0.15, 0.2) is 58.2 Å². The van der Waals surface area contributed by atoms with Gasteiger partial charge in [0, 0.05) is 31.3 Å². The minimum Gasteiger partial charge on any atom is -0.505 e. The number of carbonyl (C=O) groups is 4. The fraction of sp³-hybridized carbons (Fsp3) is 0.517. The third-order valence-corrected chi connectivity index (χ3v) is 7.08. The zero-order valence-corrected chi connectivity index (χ0v) is 24.4. The van der Waals surface area contributed by atoms with Crippen molar-refractivity contribution in [2.75, 3.05) is 21.3 Å². The summed E-state index contributed by atoms with van der Waals surface area (Å²) in [5.74, 6) is -4.51. The van der Waals surface area contributed by atoms with Crippen molar-refractivity contribution < 1.29 is 48.3 Å². The van der Waals surface area contributed by atoms with Gasteiger partial charge in [0.25, 0.3) is 17.5 Å². The number of ketones is 2. The first-order valence-electron chi connectivity index (χ1n) is 13.1. The molecule has 6 atom stereocenters. The van der Waals surface area contributed by atoms with Crippen LogP contribution in [0.4, 0.5) is 4.79 Å². The van der Waals surface area contributed by atoms with Crippen LogP contribution in [0.1, 0.15) is 40.5 Å². The lowest BCUT2D eigenvalue weighted by Crippen LogP contribution is -2.38. The van der Waals surface area contributed by atoms with Crippen LogP contribution in [0.2, 0.25) is 0 Å². The molecule has 0 spiro atoms. The summed E-state index contributed by atoms with van der Waals surface area (Å²) in [6.07, 6.45) is 2.06. The highest BCUT2D eigenvalue weighted by molar-refractivity contribution is 6.50. The monoisotopic (exact) mass is 576 g/mol. The van der Waals surface area contributed by atoms with Crippen LogP contribution >= 0.6 is 0 Å². The van der Waals surface area contributed by atoms with Gasteiger partial charge in [-0.15, -0.1) is 0 Å². The van der Waals surface area contributed by atoms with E-state index in [2.05, 4.69) is 5.32 Å². The highest BCUT2D eigenvalue weighted by atomic mass is 16.6. The van der Waals surface area contributed by atoms with Gasteiger partial charge in [0.15, 0.2) is 11.9 Å². The molecule has 0 saturated heterocycles. The summed E-state index contributed by atoms with van der Waals surface area (Å²) in [6, 6.07) is 0. The van der Waals surface area contributed by atoms with Crippen molar-refractivity contribution in [2.45, 2.75) is 65.0 Å². The lowest BCUT2D eigenvalue weighted by atomic mass is 9.85. The van der Waals surface area contributed by atoms with E-state index < -0.39 is 65.4 Å². The van der Waals surface area contributed by atoms with Crippen molar-refractivity contribution >= 4 is 23.6 Å². The molecular formula is C29H40N2O10. The minimum atomic E-state index is -1.12. The fourth-order valence-corrected chi connectivity index (χ4v) is 4.84. The molecule has 1 aliphatic heterocycles. The van der Waals surface area contributed by atoms with Crippen molar-refractivity contribution in [3.05, 3.63) is 58.2 Å². The standard InChI is InChI=1S/C29H40N2O10/c1-14-11-18-23(33)21(24(34)25(35)27(18)40-7)31-28(36)15(2)9-8-10-19(38-5)26(41-29(30)37)17(4)13-16(3)22(32)20(12-14)39-6/h8-10,13-14,16,19-20,22,26,32-33H,11-12H2,1-7H3,(H2,30,37)(H,31,36)/b10-8+,15-9+,17-13+/t14-,16+,19-,20-,22+,26-/m0/s1. The average Bonchev–Trinajstić information content (AvgIpc) is 2.92. The Kier molecular flexibility index (Phi) is 12.1. The predicted octanol–water partition coefficient (Wildman–Crippen LogP) is 2.29. The minimum absolute atomic E-state index is 0.0573. The molecule has 2 bridgehead atoms. The second-order valence-electron chi connectivity index (χ2n) is 10.2. The maximum Gasteiger partial charge on any atom is 0.405 e. The quantitative estimate of drug-likeness (QED) is 0.220. The number of carbonyl (C=O) groups excluding carboxylic acids is 4. The zero-order chi connectivity index (χ0) is 31.0. The van der Waals surface area contributed by atoms with Crippen molar-refractivity contribution in [3.8, 4) is 0 Å². The number of nitrogens with two attached hydrogens (primary N) is 1.